The highest BCUT2D eigenvalue weighted by molar-refractivity contribution is 9.10. The fraction of sp³-hybridized carbons (Fsp3) is 0.286. The maximum atomic E-state index is 5.24. The Hall–Kier alpha value is -1.40. The molecule has 0 saturated heterocycles. The van der Waals surface area contributed by atoms with Crippen molar-refractivity contribution in [2.24, 2.45) is 0 Å². The molecule has 1 heterocycles. The summed E-state index contributed by atoms with van der Waals surface area (Å²) in [7, 11) is 0. The normalized spacial score (nSPS) is 14.1. The molecule has 1 aliphatic carbocycles. The first kappa shape index (κ1) is 13.6. The lowest BCUT2D eigenvalue weighted by atomic mass is 10.2. The van der Waals surface area contributed by atoms with Crippen LogP contribution in [-0.2, 0) is 6.54 Å². The zero-order chi connectivity index (χ0) is 13.9. The number of hydrogen-bond donors (Lipinski definition) is 2. The summed E-state index contributed by atoms with van der Waals surface area (Å²) >= 11 is 8.67. The first-order valence-electron chi connectivity index (χ1n) is 6.53. The Morgan fingerprint density at radius 3 is 2.80 bits per heavy atom. The molecule has 1 aliphatic rings. The first-order valence-corrected chi connectivity index (χ1v) is 7.73. The molecule has 1 aromatic carbocycles. The van der Waals surface area contributed by atoms with E-state index in [2.05, 4.69) is 43.8 Å². The smallest absolute Gasteiger partial charge is 0.171 e. The van der Waals surface area contributed by atoms with Crippen molar-refractivity contribution in [1.82, 2.24) is 15.1 Å². The Balaban J connectivity index is 1.58. The highest BCUT2D eigenvalue weighted by Crippen LogP contribution is 2.19. The average Bonchev–Trinajstić information content (AvgIpc) is 3.12. The van der Waals surface area contributed by atoms with E-state index in [1.165, 1.54) is 18.4 Å². The fourth-order valence-electron chi connectivity index (χ4n) is 1.87. The third-order valence-electron chi connectivity index (χ3n) is 3.06. The summed E-state index contributed by atoms with van der Waals surface area (Å²) in [5.74, 6) is 0. The lowest BCUT2D eigenvalue weighted by Crippen LogP contribution is -2.29. The van der Waals surface area contributed by atoms with Gasteiger partial charge >= 0.3 is 0 Å². The van der Waals surface area contributed by atoms with Crippen molar-refractivity contribution in [3.05, 3.63) is 46.7 Å². The van der Waals surface area contributed by atoms with E-state index >= 15 is 0 Å². The molecule has 1 saturated carbocycles. The van der Waals surface area contributed by atoms with Gasteiger partial charge in [-0.1, -0.05) is 28.1 Å². The topological polar surface area (TPSA) is 41.9 Å². The van der Waals surface area contributed by atoms with Crippen molar-refractivity contribution in [2.45, 2.75) is 25.4 Å². The maximum absolute atomic E-state index is 5.24. The minimum absolute atomic E-state index is 0.563. The molecule has 3 rings (SSSR count). The quantitative estimate of drug-likeness (QED) is 0.831. The molecule has 0 amide bonds. The van der Waals surface area contributed by atoms with Crippen molar-refractivity contribution in [2.75, 3.05) is 5.32 Å². The molecule has 1 fully saturated rings. The molecule has 104 valence electrons. The fourth-order valence-corrected chi connectivity index (χ4v) is 2.42. The molecule has 0 bridgehead atoms. The van der Waals surface area contributed by atoms with Crippen LogP contribution >= 0.6 is 28.1 Å². The molecule has 0 radical (unpaired) electrons. The predicted octanol–water partition coefficient (Wildman–Crippen LogP) is 3.14. The Morgan fingerprint density at radius 1 is 1.35 bits per heavy atom. The Bertz CT molecular complexity index is 604. The van der Waals surface area contributed by atoms with Gasteiger partial charge in [-0.2, -0.15) is 5.10 Å². The number of rotatable bonds is 4. The molecule has 6 heteroatoms. The molecule has 0 unspecified atom stereocenters. The van der Waals surface area contributed by atoms with Gasteiger partial charge in [0, 0.05) is 16.7 Å². The standard InChI is InChI=1S/C14H15BrN4S/c15-11-3-1-10(2-4-11)8-19-9-13(7-16-19)18-14(20)17-12-5-6-12/h1-4,7,9,12H,5-6,8H2,(H2,17,18,20). The second-order valence-electron chi connectivity index (χ2n) is 4.93. The summed E-state index contributed by atoms with van der Waals surface area (Å²) < 4.78 is 2.98. The van der Waals surface area contributed by atoms with Gasteiger partial charge in [0.2, 0.25) is 0 Å². The molecular formula is C14H15BrN4S. The first-order chi connectivity index (χ1) is 9.69. The van der Waals surface area contributed by atoms with Crippen LogP contribution in [0, 0.1) is 0 Å². The van der Waals surface area contributed by atoms with E-state index in [0.717, 1.165) is 16.7 Å². The van der Waals surface area contributed by atoms with Gasteiger partial charge in [-0.25, -0.2) is 0 Å². The summed E-state index contributed by atoms with van der Waals surface area (Å²) in [4.78, 5) is 0. The SMILES string of the molecule is S=C(Nc1cnn(Cc2ccc(Br)cc2)c1)NC1CC1. The lowest BCUT2D eigenvalue weighted by molar-refractivity contribution is 0.687. The van der Waals surface area contributed by atoms with Crippen LogP contribution in [0.25, 0.3) is 0 Å². The van der Waals surface area contributed by atoms with Gasteiger partial charge in [-0.3, -0.25) is 4.68 Å². The van der Waals surface area contributed by atoms with E-state index in [4.69, 9.17) is 12.2 Å². The molecule has 20 heavy (non-hydrogen) atoms. The van der Waals surface area contributed by atoms with Gasteiger partial charge < -0.3 is 10.6 Å². The van der Waals surface area contributed by atoms with Crippen molar-refractivity contribution in [1.29, 1.82) is 0 Å². The number of anilines is 1. The minimum Gasteiger partial charge on any atom is -0.360 e. The van der Waals surface area contributed by atoms with Gasteiger partial charge in [-0.05, 0) is 42.8 Å². The maximum Gasteiger partial charge on any atom is 0.171 e. The van der Waals surface area contributed by atoms with E-state index in [-0.39, 0.29) is 0 Å². The number of halogens is 1. The van der Waals surface area contributed by atoms with Crippen LogP contribution < -0.4 is 10.6 Å². The third kappa shape index (κ3) is 3.80. The van der Waals surface area contributed by atoms with Crippen LogP contribution in [0.4, 0.5) is 5.69 Å². The average molecular weight is 351 g/mol. The van der Waals surface area contributed by atoms with E-state index in [0.29, 0.717) is 11.2 Å². The monoisotopic (exact) mass is 350 g/mol. The Morgan fingerprint density at radius 2 is 2.10 bits per heavy atom. The summed E-state index contributed by atoms with van der Waals surface area (Å²) in [6, 6.07) is 8.79. The van der Waals surface area contributed by atoms with Crippen molar-refractivity contribution in [3.8, 4) is 0 Å². The minimum atomic E-state index is 0.563. The van der Waals surface area contributed by atoms with Crippen LogP contribution in [0.1, 0.15) is 18.4 Å². The van der Waals surface area contributed by atoms with E-state index in [9.17, 15) is 0 Å². The van der Waals surface area contributed by atoms with E-state index in [1.54, 1.807) is 6.20 Å². The van der Waals surface area contributed by atoms with Crippen molar-refractivity contribution in [3.63, 3.8) is 0 Å². The Labute approximate surface area is 131 Å². The zero-order valence-electron chi connectivity index (χ0n) is 10.8. The molecule has 0 atom stereocenters. The van der Waals surface area contributed by atoms with Crippen LogP contribution in [0.5, 0.6) is 0 Å². The van der Waals surface area contributed by atoms with Gasteiger partial charge in [0.25, 0.3) is 0 Å². The van der Waals surface area contributed by atoms with Crippen LogP contribution in [0.15, 0.2) is 41.1 Å². The second kappa shape index (κ2) is 5.93. The third-order valence-corrected chi connectivity index (χ3v) is 3.81. The zero-order valence-corrected chi connectivity index (χ0v) is 13.2. The predicted molar refractivity (Wildman–Crippen MR) is 87.8 cm³/mol. The van der Waals surface area contributed by atoms with Gasteiger partial charge in [0.15, 0.2) is 5.11 Å². The largest absolute Gasteiger partial charge is 0.360 e. The number of hydrogen-bond acceptors (Lipinski definition) is 2. The molecule has 0 spiro atoms. The van der Waals surface area contributed by atoms with Gasteiger partial charge in [-0.15, -0.1) is 0 Å². The molecule has 4 nitrogen and oxygen atoms in total. The van der Waals surface area contributed by atoms with Gasteiger partial charge in [0.05, 0.1) is 18.4 Å². The summed E-state index contributed by atoms with van der Waals surface area (Å²) in [5.41, 5.74) is 2.13. The van der Waals surface area contributed by atoms with Crippen LogP contribution in [0.2, 0.25) is 0 Å². The van der Waals surface area contributed by atoms with E-state index < -0.39 is 0 Å². The van der Waals surface area contributed by atoms with E-state index in [1.807, 2.05) is 23.0 Å². The van der Waals surface area contributed by atoms with Crippen LogP contribution in [0.3, 0.4) is 0 Å². The molecule has 1 aromatic heterocycles. The second-order valence-corrected chi connectivity index (χ2v) is 6.25. The number of benzene rings is 1. The molecule has 2 N–H and O–H groups in total. The van der Waals surface area contributed by atoms with Crippen molar-refractivity contribution >= 4 is 38.9 Å². The van der Waals surface area contributed by atoms with Crippen LogP contribution in [-0.4, -0.2) is 20.9 Å². The van der Waals surface area contributed by atoms with Crippen molar-refractivity contribution < 1.29 is 0 Å². The Kier molecular flexibility index (Phi) is 4.03. The number of nitrogens with one attached hydrogen (secondary N) is 2. The lowest BCUT2D eigenvalue weighted by Gasteiger charge is -2.06. The molecule has 0 aliphatic heterocycles. The highest BCUT2D eigenvalue weighted by Gasteiger charge is 2.21. The highest BCUT2D eigenvalue weighted by atomic mass is 79.9. The molecular weight excluding hydrogens is 336 g/mol. The summed E-state index contributed by atoms with van der Waals surface area (Å²) in [6.45, 7) is 0.748. The number of aromatic nitrogens is 2. The summed E-state index contributed by atoms with van der Waals surface area (Å²) in [5, 5.41) is 11.4. The molecule has 2 aromatic rings. The summed E-state index contributed by atoms with van der Waals surface area (Å²) in [6.07, 6.45) is 6.18. The number of thiocarbonyl (C=S) groups is 1. The van der Waals surface area contributed by atoms with Gasteiger partial charge in [0.1, 0.15) is 0 Å². The number of nitrogens with zero attached hydrogens (tertiary/aromatic N) is 2.